The van der Waals surface area contributed by atoms with Gasteiger partial charge in [-0.25, -0.2) is 0 Å². The summed E-state index contributed by atoms with van der Waals surface area (Å²) in [4.78, 5) is 74.4. The summed E-state index contributed by atoms with van der Waals surface area (Å²) in [6.45, 7) is 3.35. The molecule has 0 fully saturated rings. The Hall–Kier alpha value is 0.700. The van der Waals surface area contributed by atoms with E-state index < -0.39 is 91.8 Å². The number of rotatable bonds is 36. The average molecular weight is 863 g/mol. The van der Waals surface area contributed by atoms with Crippen molar-refractivity contribution in [2.24, 2.45) is 0 Å². The van der Waals surface area contributed by atoms with Gasteiger partial charge in [-0.15, -0.1) is 0 Å². The maximum atomic E-state index is 13.3. The standard InChI is InChI=1S/C39H70N2O13.4Na/c1-3-5-7-9-11-13-15-17-19-21-23-40(32(43)25-38(53,36(49)50)27-34(45)46)29-31(42)30-41(24-22-20-18-16-14-12-10-8-6-4-2)33(44)26-39(54,37(51)52)28-35(47)48;;;;/h31,42,53-54H,3-30H2,1-2H3,(H,45,46)(H,47,48)(H,49,50)(H,51,52);;;;/q;4*+1/p-4. The monoisotopic (exact) mass is 862 g/mol. The summed E-state index contributed by atoms with van der Waals surface area (Å²) in [6.07, 6.45) is 12.9. The van der Waals surface area contributed by atoms with Crippen molar-refractivity contribution in [1.82, 2.24) is 9.80 Å². The molecule has 3 N–H and O–H groups in total. The summed E-state index contributed by atoms with van der Waals surface area (Å²) in [5.41, 5.74) is -6.16. The van der Waals surface area contributed by atoms with Gasteiger partial charge in [0.25, 0.3) is 0 Å². The number of aliphatic carboxylic acids is 4. The van der Waals surface area contributed by atoms with Crippen LogP contribution in [-0.4, -0.2) is 104 Å². The van der Waals surface area contributed by atoms with E-state index in [4.69, 9.17) is 0 Å². The Morgan fingerprint density at radius 1 is 0.448 bits per heavy atom. The molecule has 0 aromatic rings. The maximum Gasteiger partial charge on any atom is 1.00 e. The van der Waals surface area contributed by atoms with Gasteiger partial charge in [-0.3, -0.25) is 9.59 Å². The minimum Gasteiger partial charge on any atom is -0.550 e. The number of carbonyl (C=O) groups excluding carboxylic acids is 6. The van der Waals surface area contributed by atoms with E-state index in [0.717, 1.165) is 86.8 Å². The topological polar surface area (TPSA) is 262 Å². The van der Waals surface area contributed by atoms with Crippen molar-refractivity contribution in [2.45, 2.75) is 185 Å². The molecule has 58 heavy (non-hydrogen) atoms. The number of carboxylic acids is 4. The van der Waals surface area contributed by atoms with Gasteiger partial charge in [0.15, 0.2) is 0 Å². The number of aliphatic hydroxyl groups excluding tert-OH is 1. The summed E-state index contributed by atoms with van der Waals surface area (Å²) in [6, 6.07) is 0. The van der Waals surface area contributed by atoms with Crippen LogP contribution < -0.4 is 139 Å². The van der Waals surface area contributed by atoms with E-state index in [1.165, 1.54) is 25.7 Å². The van der Waals surface area contributed by atoms with Gasteiger partial charge in [-0.2, -0.15) is 0 Å². The third-order valence-electron chi connectivity index (χ3n) is 9.65. The predicted molar refractivity (Wildman–Crippen MR) is 191 cm³/mol. The molecule has 0 aromatic heterocycles. The molecule has 0 aliphatic rings. The van der Waals surface area contributed by atoms with Gasteiger partial charge in [-0.05, 0) is 12.8 Å². The van der Waals surface area contributed by atoms with Crippen LogP contribution in [0.15, 0.2) is 0 Å². The van der Waals surface area contributed by atoms with Crippen molar-refractivity contribution < 1.29 is 183 Å². The Balaban J connectivity index is -0.00000234. The second-order valence-corrected chi connectivity index (χ2v) is 14.8. The molecule has 0 radical (unpaired) electrons. The first-order chi connectivity index (χ1) is 25.5. The average Bonchev–Trinajstić information content (AvgIpc) is 3.07. The molecule has 0 bridgehead atoms. The second-order valence-electron chi connectivity index (χ2n) is 14.8. The Labute approximate surface area is 434 Å². The molecule has 314 valence electrons. The van der Waals surface area contributed by atoms with E-state index in [2.05, 4.69) is 13.8 Å². The first-order valence-electron chi connectivity index (χ1n) is 20.0. The van der Waals surface area contributed by atoms with Crippen LogP contribution in [-0.2, 0) is 28.8 Å². The van der Waals surface area contributed by atoms with Gasteiger partial charge < -0.3 is 64.7 Å². The van der Waals surface area contributed by atoms with Crippen molar-refractivity contribution >= 4 is 35.7 Å². The zero-order valence-corrected chi connectivity index (χ0v) is 44.7. The van der Waals surface area contributed by atoms with Gasteiger partial charge in [-0.1, -0.05) is 129 Å². The zero-order valence-electron chi connectivity index (χ0n) is 36.7. The third-order valence-corrected chi connectivity index (χ3v) is 9.65. The first kappa shape index (κ1) is 67.8. The Morgan fingerprint density at radius 2 is 0.690 bits per heavy atom. The number of aliphatic hydroxyl groups is 3. The number of nitrogens with zero attached hydrogens (tertiary/aromatic N) is 2. The van der Waals surface area contributed by atoms with E-state index in [1.807, 2.05) is 0 Å². The van der Waals surface area contributed by atoms with E-state index in [-0.39, 0.29) is 131 Å². The summed E-state index contributed by atoms with van der Waals surface area (Å²) in [5, 5.41) is 77.6. The van der Waals surface area contributed by atoms with Gasteiger partial charge in [0.2, 0.25) is 11.8 Å². The number of hydrogen-bond acceptors (Lipinski definition) is 13. The largest absolute Gasteiger partial charge is 1.00 e. The molecule has 0 aliphatic carbocycles. The van der Waals surface area contributed by atoms with E-state index in [9.17, 15) is 64.5 Å². The van der Waals surface area contributed by atoms with Gasteiger partial charge in [0, 0.05) is 51.0 Å². The second kappa shape index (κ2) is 40.5. The molecule has 0 spiro atoms. The molecule has 0 saturated carbocycles. The number of unbranched alkanes of at least 4 members (excludes halogenated alkanes) is 18. The maximum absolute atomic E-state index is 13.3. The Bertz CT molecular complexity index is 1060. The van der Waals surface area contributed by atoms with Crippen LogP contribution in [0.2, 0.25) is 0 Å². The van der Waals surface area contributed by atoms with Gasteiger partial charge in [0.1, 0.15) is 11.2 Å². The van der Waals surface area contributed by atoms with Crippen molar-refractivity contribution in [3.63, 3.8) is 0 Å². The van der Waals surface area contributed by atoms with E-state index >= 15 is 0 Å². The summed E-state index contributed by atoms with van der Waals surface area (Å²) >= 11 is 0. The fraction of sp³-hybridized carbons (Fsp3) is 0.846. The van der Waals surface area contributed by atoms with Crippen LogP contribution in [0, 0.1) is 0 Å². The molecule has 0 aromatic carbocycles. The minimum atomic E-state index is -3.08. The SMILES string of the molecule is CCCCCCCCCCCCN(CC(O)CN(CCCCCCCCCCCC)C(=O)CC(O)(CC(=O)[O-])C(=O)[O-])C(=O)CC(O)(CC(=O)[O-])C(=O)[O-].[Na+].[Na+].[Na+].[Na+]. The van der Waals surface area contributed by atoms with Crippen molar-refractivity contribution in [1.29, 1.82) is 0 Å². The van der Waals surface area contributed by atoms with Crippen molar-refractivity contribution in [3.8, 4) is 0 Å². The predicted octanol–water partition coefficient (Wildman–Crippen LogP) is -12.1. The third kappa shape index (κ3) is 33.3. The van der Waals surface area contributed by atoms with E-state index in [1.54, 1.807) is 0 Å². The van der Waals surface area contributed by atoms with Crippen LogP contribution in [0.1, 0.15) is 168 Å². The van der Waals surface area contributed by atoms with Crippen LogP contribution in [0.4, 0.5) is 0 Å². The molecule has 19 heteroatoms. The number of carbonyl (C=O) groups is 6. The van der Waals surface area contributed by atoms with Crippen molar-refractivity contribution in [2.75, 3.05) is 26.2 Å². The van der Waals surface area contributed by atoms with Gasteiger partial charge >= 0.3 is 118 Å². The molecule has 15 nitrogen and oxygen atoms in total. The molecule has 2 unspecified atom stereocenters. The molecule has 2 amide bonds. The van der Waals surface area contributed by atoms with Crippen molar-refractivity contribution in [3.05, 3.63) is 0 Å². The number of hydrogen-bond donors (Lipinski definition) is 3. The fourth-order valence-corrected chi connectivity index (χ4v) is 6.40. The molecule has 0 rings (SSSR count). The quantitative estimate of drug-likeness (QED) is 0.0391. The smallest absolute Gasteiger partial charge is 0.550 e. The van der Waals surface area contributed by atoms with E-state index in [0.29, 0.717) is 25.7 Å². The van der Waals surface area contributed by atoms with Crippen LogP contribution in [0.25, 0.3) is 0 Å². The zero-order chi connectivity index (χ0) is 41.0. The van der Waals surface area contributed by atoms with Gasteiger partial charge in [0.05, 0.1) is 30.9 Å². The Morgan fingerprint density at radius 3 is 0.914 bits per heavy atom. The molecule has 0 aliphatic heterocycles. The molecule has 0 heterocycles. The molecular formula is C39H66N2Na4O13. The Kier molecular flexibility index (Phi) is 47.3. The number of carboxylic acid groups (broad SMARTS) is 4. The minimum absolute atomic E-state index is 0. The molecule has 2 atom stereocenters. The van der Waals surface area contributed by atoms with Crippen LogP contribution in [0.3, 0.4) is 0 Å². The molecule has 0 saturated heterocycles. The number of amides is 2. The summed E-state index contributed by atoms with van der Waals surface area (Å²) in [5.74, 6) is -10.2. The first-order valence-corrected chi connectivity index (χ1v) is 20.0. The fourth-order valence-electron chi connectivity index (χ4n) is 6.40. The normalized spacial score (nSPS) is 13.1. The molecular weight excluding hydrogens is 796 g/mol. The summed E-state index contributed by atoms with van der Waals surface area (Å²) < 4.78 is 0. The van der Waals surface area contributed by atoms with Crippen LogP contribution in [0.5, 0.6) is 0 Å². The summed E-state index contributed by atoms with van der Waals surface area (Å²) in [7, 11) is 0. The van der Waals surface area contributed by atoms with Crippen LogP contribution >= 0.6 is 0 Å².